The maximum atomic E-state index is 5.77. The predicted octanol–water partition coefficient (Wildman–Crippen LogP) is 2.42. The molecular weight excluding hydrogens is 172 g/mol. The minimum Gasteiger partial charge on any atom is -0.328 e. The van der Waals surface area contributed by atoms with Crippen molar-refractivity contribution in [3.05, 3.63) is 0 Å². The Morgan fingerprint density at radius 1 is 1.29 bits per heavy atom. The molecule has 0 heterocycles. The average Bonchev–Trinajstić information content (AvgIpc) is 2.01. The molecule has 1 fully saturated rings. The number of rotatable bonds is 6. The molecule has 0 saturated heterocycles. The molecule has 1 aliphatic carbocycles. The summed E-state index contributed by atoms with van der Waals surface area (Å²) in [7, 11) is 0. The van der Waals surface area contributed by atoms with Gasteiger partial charge in [0, 0.05) is 17.6 Å². The third kappa shape index (κ3) is 3.97. The molecule has 0 unspecified atom stereocenters. The molecule has 14 heavy (non-hydrogen) atoms. The van der Waals surface area contributed by atoms with Gasteiger partial charge < -0.3 is 11.1 Å². The van der Waals surface area contributed by atoms with E-state index in [0.717, 1.165) is 12.8 Å². The zero-order valence-corrected chi connectivity index (χ0v) is 9.97. The Morgan fingerprint density at radius 2 is 1.93 bits per heavy atom. The second-order valence-electron chi connectivity index (χ2n) is 5.41. The molecule has 1 saturated carbocycles. The third-order valence-electron chi connectivity index (χ3n) is 3.17. The number of unbranched alkanes of at least 4 members (excludes halogenated alkanes) is 2. The maximum Gasteiger partial charge on any atom is 0.0127 e. The fraction of sp³-hybridized carbons (Fsp3) is 1.00. The molecule has 2 nitrogen and oxygen atoms in total. The van der Waals surface area contributed by atoms with Crippen molar-refractivity contribution < 1.29 is 0 Å². The maximum absolute atomic E-state index is 5.77. The molecule has 0 spiro atoms. The molecule has 0 amide bonds. The quantitative estimate of drug-likeness (QED) is 0.643. The molecule has 0 aromatic heterocycles. The van der Waals surface area contributed by atoms with E-state index in [0.29, 0.717) is 17.6 Å². The fourth-order valence-electron chi connectivity index (χ4n) is 2.22. The van der Waals surface area contributed by atoms with Crippen LogP contribution in [0.4, 0.5) is 0 Å². The third-order valence-corrected chi connectivity index (χ3v) is 3.17. The van der Waals surface area contributed by atoms with Gasteiger partial charge in [-0.2, -0.15) is 0 Å². The Kier molecular flexibility index (Phi) is 4.39. The van der Waals surface area contributed by atoms with Crippen LogP contribution in [0.15, 0.2) is 0 Å². The van der Waals surface area contributed by atoms with Crippen molar-refractivity contribution in [3.63, 3.8) is 0 Å². The SMILES string of the molecule is CCCCCC(C)(C)N[C@H]1C[C@H](N)C1. The van der Waals surface area contributed by atoms with Gasteiger partial charge in [-0.15, -0.1) is 0 Å². The van der Waals surface area contributed by atoms with E-state index in [-0.39, 0.29) is 0 Å². The van der Waals surface area contributed by atoms with Gasteiger partial charge in [0.05, 0.1) is 0 Å². The summed E-state index contributed by atoms with van der Waals surface area (Å²) in [4.78, 5) is 0. The van der Waals surface area contributed by atoms with Gasteiger partial charge in [0.15, 0.2) is 0 Å². The number of hydrogen-bond donors (Lipinski definition) is 2. The van der Waals surface area contributed by atoms with Crippen LogP contribution in [0.5, 0.6) is 0 Å². The fourth-order valence-corrected chi connectivity index (χ4v) is 2.22. The Morgan fingerprint density at radius 3 is 2.43 bits per heavy atom. The van der Waals surface area contributed by atoms with E-state index in [9.17, 15) is 0 Å². The first kappa shape index (κ1) is 12.0. The van der Waals surface area contributed by atoms with Gasteiger partial charge in [-0.3, -0.25) is 0 Å². The smallest absolute Gasteiger partial charge is 0.0127 e. The molecule has 0 radical (unpaired) electrons. The first-order valence-electron chi connectivity index (χ1n) is 6.07. The minimum absolute atomic E-state index is 0.306. The lowest BCUT2D eigenvalue weighted by molar-refractivity contribution is 0.215. The summed E-state index contributed by atoms with van der Waals surface area (Å²) >= 11 is 0. The highest BCUT2D eigenvalue weighted by Gasteiger charge is 2.30. The Bertz CT molecular complexity index is 160. The highest BCUT2D eigenvalue weighted by molar-refractivity contribution is 4.92. The van der Waals surface area contributed by atoms with E-state index in [1.165, 1.54) is 25.7 Å². The van der Waals surface area contributed by atoms with E-state index in [4.69, 9.17) is 5.73 Å². The summed E-state index contributed by atoms with van der Waals surface area (Å²) in [5.41, 5.74) is 6.07. The Balaban J connectivity index is 2.13. The van der Waals surface area contributed by atoms with Crippen molar-refractivity contribution in [3.8, 4) is 0 Å². The topological polar surface area (TPSA) is 38.0 Å². The molecule has 1 aliphatic rings. The molecule has 0 bridgehead atoms. The molecular formula is C12H26N2. The molecule has 0 aromatic rings. The lowest BCUT2D eigenvalue weighted by atomic mass is 9.84. The standard InChI is InChI=1S/C12H26N2/c1-4-5-6-7-12(2,3)14-11-8-10(13)9-11/h10-11,14H,4-9,13H2,1-3H3/t10-,11-. The minimum atomic E-state index is 0.306. The van der Waals surface area contributed by atoms with Crippen LogP contribution in [-0.2, 0) is 0 Å². The van der Waals surface area contributed by atoms with Crippen LogP contribution in [0.3, 0.4) is 0 Å². The lowest BCUT2D eigenvalue weighted by Crippen LogP contribution is -2.55. The number of nitrogens with two attached hydrogens (primary N) is 1. The van der Waals surface area contributed by atoms with Crippen molar-refractivity contribution in [2.24, 2.45) is 5.73 Å². The lowest BCUT2D eigenvalue weighted by Gasteiger charge is -2.40. The van der Waals surface area contributed by atoms with Crippen LogP contribution < -0.4 is 11.1 Å². The predicted molar refractivity (Wildman–Crippen MR) is 62.4 cm³/mol. The average molecular weight is 198 g/mol. The normalized spacial score (nSPS) is 27.4. The Hall–Kier alpha value is -0.0800. The van der Waals surface area contributed by atoms with Gasteiger partial charge in [-0.25, -0.2) is 0 Å². The zero-order chi connectivity index (χ0) is 10.6. The summed E-state index contributed by atoms with van der Waals surface area (Å²) < 4.78 is 0. The van der Waals surface area contributed by atoms with E-state index in [1.54, 1.807) is 0 Å². The highest BCUT2D eigenvalue weighted by atomic mass is 15.0. The first-order chi connectivity index (χ1) is 6.53. The van der Waals surface area contributed by atoms with Gasteiger partial charge in [0.25, 0.3) is 0 Å². The molecule has 3 N–H and O–H groups in total. The molecule has 1 rings (SSSR count). The molecule has 0 aliphatic heterocycles. The van der Waals surface area contributed by atoms with Crippen LogP contribution in [0, 0.1) is 0 Å². The molecule has 2 heteroatoms. The van der Waals surface area contributed by atoms with E-state index >= 15 is 0 Å². The van der Waals surface area contributed by atoms with Gasteiger partial charge >= 0.3 is 0 Å². The van der Waals surface area contributed by atoms with Gasteiger partial charge in [0.1, 0.15) is 0 Å². The van der Waals surface area contributed by atoms with Gasteiger partial charge in [0.2, 0.25) is 0 Å². The summed E-state index contributed by atoms with van der Waals surface area (Å²) in [6, 6.07) is 1.14. The van der Waals surface area contributed by atoms with E-state index < -0.39 is 0 Å². The zero-order valence-electron chi connectivity index (χ0n) is 9.97. The molecule has 0 aromatic carbocycles. The molecule has 84 valence electrons. The van der Waals surface area contributed by atoms with Crippen molar-refractivity contribution in [2.45, 2.75) is 76.9 Å². The second kappa shape index (κ2) is 5.13. The summed E-state index contributed by atoms with van der Waals surface area (Å²) in [6.45, 7) is 6.88. The first-order valence-corrected chi connectivity index (χ1v) is 6.07. The van der Waals surface area contributed by atoms with Gasteiger partial charge in [-0.05, 0) is 33.1 Å². The van der Waals surface area contributed by atoms with Crippen molar-refractivity contribution in [2.75, 3.05) is 0 Å². The second-order valence-corrected chi connectivity index (χ2v) is 5.41. The van der Waals surface area contributed by atoms with Crippen LogP contribution in [-0.4, -0.2) is 17.6 Å². The van der Waals surface area contributed by atoms with Crippen LogP contribution in [0.25, 0.3) is 0 Å². The van der Waals surface area contributed by atoms with Crippen LogP contribution in [0.1, 0.15) is 59.3 Å². The van der Waals surface area contributed by atoms with Crippen LogP contribution >= 0.6 is 0 Å². The molecule has 0 atom stereocenters. The highest BCUT2D eigenvalue weighted by Crippen LogP contribution is 2.23. The number of nitrogens with one attached hydrogen (secondary N) is 1. The summed E-state index contributed by atoms with van der Waals surface area (Å²) in [5.74, 6) is 0. The van der Waals surface area contributed by atoms with Crippen molar-refractivity contribution in [1.82, 2.24) is 5.32 Å². The van der Waals surface area contributed by atoms with E-state index in [1.807, 2.05) is 0 Å². The number of hydrogen-bond acceptors (Lipinski definition) is 2. The Labute approximate surface area is 88.6 Å². The largest absolute Gasteiger partial charge is 0.328 e. The van der Waals surface area contributed by atoms with Crippen molar-refractivity contribution in [1.29, 1.82) is 0 Å². The monoisotopic (exact) mass is 198 g/mol. The summed E-state index contributed by atoms with van der Waals surface area (Å²) in [5, 5.41) is 3.70. The summed E-state index contributed by atoms with van der Waals surface area (Å²) in [6.07, 6.45) is 7.62. The van der Waals surface area contributed by atoms with Crippen LogP contribution in [0.2, 0.25) is 0 Å². The van der Waals surface area contributed by atoms with Gasteiger partial charge in [-0.1, -0.05) is 26.2 Å². The van der Waals surface area contributed by atoms with Crippen molar-refractivity contribution >= 4 is 0 Å². The van der Waals surface area contributed by atoms with E-state index in [2.05, 4.69) is 26.1 Å².